The van der Waals surface area contributed by atoms with Crippen molar-refractivity contribution in [2.75, 3.05) is 6.61 Å². The molecule has 2 aromatic rings. The molecule has 0 heterocycles. The summed E-state index contributed by atoms with van der Waals surface area (Å²) in [5, 5.41) is 8.89. The van der Waals surface area contributed by atoms with E-state index >= 15 is 0 Å². The van der Waals surface area contributed by atoms with Crippen LogP contribution in [0.3, 0.4) is 0 Å². The van der Waals surface area contributed by atoms with E-state index in [4.69, 9.17) is 14.6 Å². The lowest BCUT2D eigenvalue weighted by molar-refractivity contribution is -0.138. The number of ether oxygens (including phenoxy) is 2. The predicted molar refractivity (Wildman–Crippen MR) is 92.4 cm³/mol. The largest absolute Gasteiger partial charge is 0.493 e. The molecule has 0 amide bonds. The number of hydrogen-bond acceptors (Lipinski definition) is 3. The Labute approximate surface area is 142 Å². The number of rotatable bonds is 7. The van der Waals surface area contributed by atoms with E-state index in [2.05, 4.69) is 0 Å². The lowest BCUT2D eigenvalue weighted by Crippen LogP contribution is -2.06. The first-order chi connectivity index (χ1) is 11.5. The van der Waals surface area contributed by atoms with Crippen LogP contribution in [0.2, 0.25) is 0 Å². The third-order valence-electron chi connectivity index (χ3n) is 4.10. The summed E-state index contributed by atoms with van der Waals surface area (Å²) in [6, 6.07) is 15.9. The Morgan fingerprint density at radius 3 is 2.50 bits per heavy atom. The Morgan fingerprint density at radius 1 is 1.12 bits per heavy atom. The number of aliphatic carboxylic acids is 1. The lowest BCUT2D eigenvalue weighted by Gasteiger charge is -2.11. The third kappa shape index (κ3) is 4.07. The summed E-state index contributed by atoms with van der Waals surface area (Å²) in [5.74, 6) is 0.822. The highest BCUT2D eigenvalue weighted by Crippen LogP contribution is 2.39. The van der Waals surface area contributed by atoms with Gasteiger partial charge in [-0.05, 0) is 55.7 Å². The number of carboxylic acid groups (broad SMARTS) is 1. The average Bonchev–Trinajstić information content (AvgIpc) is 3.33. The van der Waals surface area contributed by atoms with Crippen molar-refractivity contribution < 1.29 is 19.4 Å². The molecule has 0 bridgehead atoms. The molecule has 3 rings (SSSR count). The van der Waals surface area contributed by atoms with E-state index in [1.165, 1.54) is 0 Å². The highest BCUT2D eigenvalue weighted by Gasteiger charge is 2.43. The Kier molecular flexibility index (Phi) is 4.74. The molecule has 24 heavy (non-hydrogen) atoms. The molecule has 1 saturated carbocycles. The average molecular weight is 326 g/mol. The van der Waals surface area contributed by atoms with Crippen LogP contribution in [0, 0.1) is 11.8 Å². The molecule has 2 unspecified atom stereocenters. The van der Waals surface area contributed by atoms with Crippen molar-refractivity contribution in [3.8, 4) is 22.6 Å². The van der Waals surface area contributed by atoms with Crippen LogP contribution in [0.25, 0.3) is 11.1 Å². The third-order valence-corrected chi connectivity index (χ3v) is 4.10. The van der Waals surface area contributed by atoms with Gasteiger partial charge in [-0.1, -0.05) is 24.3 Å². The van der Waals surface area contributed by atoms with Gasteiger partial charge in [0.25, 0.3) is 0 Å². The molecule has 0 aromatic heterocycles. The summed E-state index contributed by atoms with van der Waals surface area (Å²) >= 11 is 0. The molecule has 0 spiro atoms. The summed E-state index contributed by atoms with van der Waals surface area (Å²) in [6.07, 6.45) is 0.865. The van der Waals surface area contributed by atoms with Crippen LogP contribution in [-0.4, -0.2) is 23.8 Å². The van der Waals surface area contributed by atoms with E-state index < -0.39 is 5.97 Å². The van der Waals surface area contributed by atoms with Crippen LogP contribution in [0.15, 0.2) is 48.5 Å². The number of hydrogen-bond donors (Lipinski definition) is 1. The summed E-state index contributed by atoms with van der Waals surface area (Å²) in [7, 11) is 0. The van der Waals surface area contributed by atoms with Crippen molar-refractivity contribution in [2.45, 2.75) is 26.4 Å². The highest BCUT2D eigenvalue weighted by molar-refractivity contribution is 5.73. The van der Waals surface area contributed by atoms with Gasteiger partial charge in [0.2, 0.25) is 0 Å². The second-order valence-electron chi connectivity index (χ2n) is 6.47. The first kappa shape index (κ1) is 16.4. The first-order valence-corrected chi connectivity index (χ1v) is 8.25. The van der Waals surface area contributed by atoms with Crippen LogP contribution < -0.4 is 9.47 Å². The topological polar surface area (TPSA) is 55.8 Å². The Balaban J connectivity index is 1.61. The molecule has 1 fully saturated rings. The highest BCUT2D eigenvalue weighted by atomic mass is 16.5. The zero-order valence-electron chi connectivity index (χ0n) is 13.9. The van der Waals surface area contributed by atoms with Gasteiger partial charge < -0.3 is 14.6 Å². The van der Waals surface area contributed by atoms with Gasteiger partial charge in [-0.15, -0.1) is 0 Å². The molecule has 2 aromatic carbocycles. The van der Waals surface area contributed by atoms with E-state index in [0.29, 0.717) is 6.61 Å². The van der Waals surface area contributed by atoms with Crippen LogP contribution in [0.1, 0.15) is 20.3 Å². The summed E-state index contributed by atoms with van der Waals surface area (Å²) in [6.45, 7) is 4.48. The molecule has 4 heteroatoms. The molecule has 4 nitrogen and oxygen atoms in total. The minimum Gasteiger partial charge on any atom is -0.493 e. The van der Waals surface area contributed by atoms with Gasteiger partial charge in [0.1, 0.15) is 11.5 Å². The monoisotopic (exact) mass is 326 g/mol. The summed E-state index contributed by atoms with van der Waals surface area (Å²) < 4.78 is 11.4. The molecule has 0 radical (unpaired) electrons. The van der Waals surface area contributed by atoms with Crippen molar-refractivity contribution in [3.05, 3.63) is 48.5 Å². The van der Waals surface area contributed by atoms with Gasteiger partial charge in [0.15, 0.2) is 0 Å². The van der Waals surface area contributed by atoms with Crippen molar-refractivity contribution in [3.63, 3.8) is 0 Å². The minimum atomic E-state index is -0.720. The zero-order valence-corrected chi connectivity index (χ0v) is 13.9. The zero-order chi connectivity index (χ0) is 17.1. The fraction of sp³-hybridized carbons (Fsp3) is 0.350. The van der Waals surface area contributed by atoms with Gasteiger partial charge in [-0.25, -0.2) is 0 Å². The number of benzene rings is 2. The molecule has 1 aliphatic carbocycles. The molecule has 0 saturated heterocycles. The summed E-state index contributed by atoms with van der Waals surface area (Å²) in [5.41, 5.74) is 2.18. The van der Waals surface area contributed by atoms with Crippen LogP contribution in [0.5, 0.6) is 11.5 Å². The molecular formula is C20H22O4. The maximum absolute atomic E-state index is 10.8. The Hall–Kier alpha value is -2.49. The van der Waals surface area contributed by atoms with Crippen molar-refractivity contribution in [1.29, 1.82) is 0 Å². The van der Waals surface area contributed by atoms with Crippen LogP contribution >= 0.6 is 0 Å². The van der Waals surface area contributed by atoms with Crippen LogP contribution in [0.4, 0.5) is 0 Å². The second-order valence-corrected chi connectivity index (χ2v) is 6.47. The van der Waals surface area contributed by atoms with Gasteiger partial charge in [0, 0.05) is 5.92 Å². The molecule has 1 aliphatic rings. The maximum atomic E-state index is 10.8. The van der Waals surface area contributed by atoms with Crippen molar-refractivity contribution in [2.24, 2.45) is 11.8 Å². The first-order valence-electron chi connectivity index (χ1n) is 8.25. The normalized spacial score (nSPS) is 19.1. The van der Waals surface area contributed by atoms with Gasteiger partial charge >= 0.3 is 5.97 Å². The Bertz CT molecular complexity index is 706. The van der Waals surface area contributed by atoms with Crippen molar-refractivity contribution in [1.82, 2.24) is 0 Å². The van der Waals surface area contributed by atoms with E-state index in [0.717, 1.165) is 29.0 Å². The fourth-order valence-electron chi connectivity index (χ4n) is 2.70. The van der Waals surface area contributed by atoms with Crippen LogP contribution in [-0.2, 0) is 4.79 Å². The van der Waals surface area contributed by atoms with E-state index in [1.807, 2.05) is 62.4 Å². The lowest BCUT2D eigenvalue weighted by atomic mass is 10.1. The number of carboxylic acids is 1. The maximum Gasteiger partial charge on any atom is 0.306 e. The standard InChI is InChI=1S/C20H22O4/c1-13(2)24-18-5-3-4-15(10-18)14-6-8-17(9-7-14)23-12-16-11-19(16)20(21)22/h3-10,13,16,19H,11-12H2,1-2H3,(H,21,22). The second kappa shape index (κ2) is 6.95. The minimum absolute atomic E-state index is 0.145. The van der Waals surface area contributed by atoms with Gasteiger partial charge in [-0.3, -0.25) is 4.79 Å². The Morgan fingerprint density at radius 2 is 1.88 bits per heavy atom. The molecule has 1 N–H and O–H groups in total. The number of carbonyl (C=O) groups is 1. The molecule has 2 atom stereocenters. The molecule has 126 valence electrons. The SMILES string of the molecule is CC(C)Oc1cccc(-c2ccc(OCC3CC3C(=O)O)cc2)c1. The van der Waals surface area contributed by atoms with Gasteiger partial charge in [-0.2, -0.15) is 0 Å². The quantitative estimate of drug-likeness (QED) is 0.827. The molecule has 0 aliphatic heterocycles. The van der Waals surface area contributed by atoms with E-state index in [9.17, 15) is 4.79 Å². The van der Waals surface area contributed by atoms with E-state index in [1.54, 1.807) is 0 Å². The van der Waals surface area contributed by atoms with Gasteiger partial charge in [0.05, 0.1) is 18.6 Å². The van der Waals surface area contributed by atoms with E-state index in [-0.39, 0.29) is 17.9 Å². The fourth-order valence-corrected chi connectivity index (χ4v) is 2.70. The summed E-state index contributed by atoms with van der Waals surface area (Å²) in [4.78, 5) is 10.8. The van der Waals surface area contributed by atoms with Crippen molar-refractivity contribution >= 4 is 5.97 Å². The molecular weight excluding hydrogens is 304 g/mol. The predicted octanol–water partition coefficient (Wildman–Crippen LogP) is 4.24. The smallest absolute Gasteiger partial charge is 0.306 e.